The molecule has 1 aliphatic rings. The van der Waals surface area contributed by atoms with Crippen molar-refractivity contribution in [2.45, 2.75) is 26.4 Å². The predicted molar refractivity (Wildman–Crippen MR) is 91.4 cm³/mol. The summed E-state index contributed by atoms with van der Waals surface area (Å²) in [6.07, 6.45) is 0. The zero-order valence-corrected chi connectivity index (χ0v) is 14.3. The quantitative estimate of drug-likeness (QED) is 0.906. The standard InChI is InChI=1S/C18H23N3O3/c1-12-4-6-15(21(12)3)11-19-18(22)20-13(2)14-5-7-16-17(10-14)24-9-8-23-16/h4-7,10,13H,8-9,11H2,1-3H3,(H2,19,20,22). The number of nitrogens with zero attached hydrogens (tertiary/aromatic N) is 1. The van der Waals surface area contributed by atoms with Gasteiger partial charge in [-0.1, -0.05) is 6.07 Å². The van der Waals surface area contributed by atoms with Crippen LogP contribution in [0.3, 0.4) is 0 Å². The van der Waals surface area contributed by atoms with E-state index in [1.165, 1.54) is 0 Å². The second-order valence-electron chi connectivity index (χ2n) is 5.98. The van der Waals surface area contributed by atoms with Gasteiger partial charge in [-0.3, -0.25) is 0 Å². The van der Waals surface area contributed by atoms with Crippen molar-refractivity contribution in [1.82, 2.24) is 15.2 Å². The zero-order chi connectivity index (χ0) is 17.1. The topological polar surface area (TPSA) is 64.5 Å². The summed E-state index contributed by atoms with van der Waals surface area (Å²) in [5, 5.41) is 5.83. The number of hydrogen-bond donors (Lipinski definition) is 2. The molecule has 1 aromatic carbocycles. The number of carbonyl (C=O) groups excluding carboxylic acids is 1. The lowest BCUT2D eigenvalue weighted by molar-refractivity contribution is 0.171. The fourth-order valence-corrected chi connectivity index (χ4v) is 2.68. The second-order valence-corrected chi connectivity index (χ2v) is 5.98. The molecule has 1 atom stereocenters. The lowest BCUT2D eigenvalue weighted by Gasteiger charge is -2.21. The highest BCUT2D eigenvalue weighted by Crippen LogP contribution is 2.32. The van der Waals surface area contributed by atoms with E-state index in [2.05, 4.69) is 15.2 Å². The Hall–Kier alpha value is -2.63. The molecule has 1 aromatic heterocycles. The van der Waals surface area contributed by atoms with Crippen LogP contribution in [0.2, 0.25) is 0 Å². The minimum Gasteiger partial charge on any atom is -0.486 e. The molecule has 2 N–H and O–H groups in total. The van der Waals surface area contributed by atoms with E-state index in [0.29, 0.717) is 19.8 Å². The van der Waals surface area contributed by atoms with Crippen LogP contribution in [0.15, 0.2) is 30.3 Å². The van der Waals surface area contributed by atoms with Gasteiger partial charge in [0.15, 0.2) is 11.5 Å². The highest BCUT2D eigenvalue weighted by atomic mass is 16.6. The minimum absolute atomic E-state index is 0.129. The summed E-state index contributed by atoms with van der Waals surface area (Å²) in [7, 11) is 1.99. The molecular formula is C18H23N3O3. The van der Waals surface area contributed by atoms with Crippen molar-refractivity contribution >= 4 is 6.03 Å². The zero-order valence-electron chi connectivity index (χ0n) is 14.3. The average Bonchev–Trinajstić information content (AvgIpc) is 2.91. The normalized spacial score (nSPS) is 14.1. The Labute approximate surface area is 141 Å². The maximum atomic E-state index is 12.1. The Kier molecular flexibility index (Phi) is 4.64. The highest BCUT2D eigenvalue weighted by molar-refractivity contribution is 5.74. The number of aromatic nitrogens is 1. The molecule has 128 valence electrons. The van der Waals surface area contributed by atoms with Crippen LogP contribution >= 0.6 is 0 Å². The summed E-state index contributed by atoms with van der Waals surface area (Å²) < 4.78 is 13.2. The predicted octanol–water partition coefficient (Wildman–Crippen LogP) is 2.67. The van der Waals surface area contributed by atoms with E-state index in [0.717, 1.165) is 28.5 Å². The molecule has 0 bridgehead atoms. The lowest BCUT2D eigenvalue weighted by atomic mass is 10.1. The molecule has 2 amide bonds. The summed E-state index contributed by atoms with van der Waals surface area (Å²) >= 11 is 0. The second kappa shape index (κ2) is 6.86. The number of nitrogens with one attached hydrogen (secondary N) is 2. The summed E-state index contributed by atoms with van der Waals surface area (Å²) in [5.74, 6) is 1.48. The highest BCUT2D eigenvalue weighted by Gasteiger charge is 2.15. The van der Waals surface area contributed by atoms with Crippen molar-refractivity contribution in [3.8, 4) is 11.5 Å². The molecule has 0 radical (unpaired) electrons. The first-order valence-electron chi connectivity index (χ1n) is 8.09. The molecule has 1 unspecified atom stereocenters. The number of benzene rings is 1. The maximum absolute atomic E-state index is 12.1. The van der Waals surface area contributed by atoms with Gasteiger partial charge in [0.05, 0.1) is 12.6 Å². The van der Waals surface area contributed by atoms with Gasteiger partial charge >= 0.3 is 6.03 Å². The van der Waals surface area contributed by atoms with Gasteiger partial charge in [-0.2, -0.15) is 0 Å². The first-order chi connectivity index (χ1) is 11.5. The van der Waals surface area contributed by atoms with Crippen LogP contribution in [0.25, 0.3) is 0 Å². The van der Waals surface area contributed by atoms with Crippen LogP contribution in [0.5, 0.6) is 11.5 Å². The molecule has 0 saturated heterocycles. The summed E-state index contributed by atoms with van der Waals surface area (Å²) in [4.78, 5) is 12.1. The van der Waals surface area contributed by atoms with Crippen LogP contribution < -0.4 is 20.1 Å². The summed E-state index contributed by atoms with van der Waals surface area (Å²) in [6.45, 7) is 5.59. The van der Waals surface area contributed by atoms with Crippen LogP contribution in [-0.2, 0) is 13.6 Å². The van der Waals surface area contributed by atoms with Crippen LogP contribution in [0.1, 0.15) is 29.9 Å². The van der Waals surface area contributed by atoms with Crippen molar-refractivity contribution in [3.05, 3.63) is 47.3 Å². The van der Waals surface area contributed by atoms with Gasteiger partial charge in [-0.15, -0.1) is 0 Å². The molecule has 3 rings (SSSR count). The van der Waals surface area contributed by atoms with Gasteiger partial charge < -0.3 is 24.7 Å². The number of urea groups is 1. The van der Waals surface area contributed by atoms with E-state index in [1.807, 2.05) is 51.2 Å². The number of hydrogen-bond acceptors (Lipinski definition) is 3. The van der Waals surface area contributed by atoms with E-state index >= 15 is 0 Å². The van der Waals surface area contributed by atoms with E-state index in [4.69, 9.17) is 9.47 Å². The molecule has 0 saturated carbocycles. The number of aryl methyl sites for hydroxylation is 1. The number of rotatable bonds is 4. The monoisotopic (exact) mass is 329 g/mol. The van der Waals surface area contributed by atoms with Gasteiger partial charge in [0.2, 0.25) is 0 Å². The number of ether oxygens (including phenoxy) is 2. The van der Waals surface area contributed by atoms with Crippen molar-refractivity contribution in [2.75, 3.05) is 13.2 Å². The largest absolute Gasteiger partial charge is 0.486 e. The van der Waals surface area contributed by atoms with Gasteiger partial charge in [-0.25, -0.2) is 4.79 Å². The molecule has 0 fully saturated rings. The van der Waals surface area contributed by atoms with E-state index < -0.39 is 0 Å². The van der Waals surface area contributed by atoms with Crippen molar-refractivity contribution < 1.29 is 14.3 Å². The first kappa shape index (κ1) is 16.2. The number of fused-ring (bicyclic) bond motifs is 1. The molecule has 1 aliphatic heterocycles. The van der Waals surface area contributed by atoms with Crippen LogP contribution in [0, 0.1) is 6.92 Å². The Morgan fingerprint density at radius 3 is 2.67 bits per heavy atom. The molecule has 0 spiro atoms. The van der Waals surface area contributed by atoms with Gasteiger partial charge in [-0.05, 0) is 43.7 Å². The van der Waals surface area contributed by atoms with Gasteiger partial charge in [0, 0.05) is 18.4 Å². The molecule has 2 aromatic rings. The molecule has 6 heteroatoms. The van der Waals surface area contributed by atoms with E-state index in [1.54, 1.807) is 0 Å². The SMILES string of the molecule is Cc1ccc(CNC(=O)NC(C)c2ccc3c(c2)OCCO3)n1C. The van der Waals surface area contributed by atoms with E-state index in [-0.39, 0.29) is 12.1 Å². The lowest BCUT2D eigenvalue weighted by Crippen LogP contribution is -2.37. The Balaban J connectivity index is 1.57. The third-order valence-electron chi connectivity index (χ3n) is 4.32. The van der Waals surface area contributed by atoms with Crippen LogP contribution in [0.4, 0.5) is 4.79 Å². The molecule has 0 aliphatic carbocycles. The third kappa shape index (κ3) is 3.48. The summed E-state index contributed by atoms with van der Waals surface area (Å²) in [5.41, 5.74) is 3.20. The molecule has 6 nitrogen and oxygen atoms in total. The Morgan fingerprint density at radius 2 is 1.96 bits per heavy atom. The maximum Gasteiger partial charge on any atom is 0.315 e. The van der Waals surface area contributed by atoms with Crippen molar-refractivity contribution in [2.24, 2.45) is 7.05 Å². The summed E-state index contributed by atoms with van der Waals surface area (Å²) in [6, 6.07) is 9.46. The van der Waals surface area contributed by atoms with Gasteiger partial charge in [0.1, 0.15) is 13.2 Å². The van der Waals surface area contributed by atoms with Crippen molar-refractivity contribution in [1.29, 1.82) is 0 Å². The Morgan fingerprint density at radius 1 is 1.21 bits per heavy atom. The smallest absolute Gasteiger partial charge is 0.315 e. The number of carbonyl (C=O) groups is 1. The first-order valence-corrected chi connectivity index (χ1v) is 8.09. The van der Waals surface area contributed by atoms with Gasteiger partial charge in [0.25, 0.3) is 0 Å². The van der Waals surface area contributed by atoms with Crippen molar-refractivity contribution in [3.63, 3.8) is 0 Å². The number of amides is 2. The molecular weight excluding hydrogens is 306 g/mol. The fourth-order valence-electron chi connectivity index (χ4n) is 2.68. The van der Waals surface area contributed by atoms with Crippen LogP contribution in [-0.4, -0.2) is 23.8 Å². The third-order valence-corrected chi connectivity index (χ3v) is 4.32. The molecule has 2 heterocycles. The molecule has 24 heavy (non-hydrogen) atoms. The average molecular weight is 329 g/mol. The van der Waals surface area contributed by atoms with E-state index in [9.17, 15) is 4.79 Å². The Bertz CT molecular complexity index is 739. The fraction of sp³-hybridized carbons (Fsp3) is 0.389. The minimum atomic E-state index is -0.198.